The van der Waals surface area contributed by atoms with Crippen molar-refractivity contribution in [1.82, 2.24) is 4.98 Å². The van der Waals surface area contributed by atoms with E-state index >= 15 is 0 Å². The van der Waals surface area contributed by atoms with E-state index in [1.54, 1.807) is 12.3 Å². The van der Waals surface area contributed by atoms with Gasteiger partial charge in [-0.1, -0.05) is 0 Å². The SMILES string of the molecule is Cc1cnc(N)c(C(=N)N)c1. The van der Waals surface area contributed by atoms with E-state index < -0.39 is 0 Å². The van der Waals surface area contributed by atoms with Gasteiger partial charge in [0.15, 0.2) is 0 Å². The van der Waals surface area contributed by atoms with Gasteiger partial charge in [-0.2, -0.15) is 0 Å². The summed E-state index contributed by atoms with van der Waals surface area (Å²) >= 11 is 0. The van der Waals surface area contributed by atoms with E-state index in [4.69, 9.17) is 16.9 Å². The van der Waals surface area contributed by atoms with Gasteiger partial charge in [0.2, 0.25) is 0 Å². The second-order valence-corrected chi connectivity index (χ2v) is 2.36. The molecule has 1 rings (SSSR count). The zero-order chi connectivity index (χ0) is 8.43. The Balaban J connectivity index is 3.23. The molecule has 0 atom stereocenters. The molecule has 4 heteroatoms. The van der Waals surface area contributed by atoms with Crippen LogP contribution in [0.25, 0.3) is 0 Å². The third-order valence-corrected chi connectivity index (χ3v) is 1.35. The summed E-state index contributed by atoms with van der Waals surface area (Å²) in [6.07, 6.45) is 1.64. The molecule has 0 aliphatic heterocycles. The Kier molecular flexibility index (Phi) is 1.76. The Morgan fingerprint density at radius 2 is 2.27 bits per heavy atom. The first-order chi connectivity index (χ1) is 5.11. The molecule has 1 aromatic heterocycles. The quantitative estimate of drug-likeness (QED) is 0.396. The van der Waals surface area contributed by atoms with Crippen molar-refractivity contribution in [2.24, 2.45) is 5.73 Å². The minimum Gasteiger partial charge on any atom is -0.384 e. The number of nitrogens with zero attached hydrogens (tertiary/aromatic N) is 1. The zero-order valence-corrected chi connectivity index (χ0v) is 6.26. The summed E-state index contributed by atoms with van der Waals surface area (Å²) in [4.78, 5) is 3.86. The number of aryl methyl sites for hydroxylation is 1. The first kappa shape index (κ1) is 7.53. The molecule has 0 radical (unpaired) electrons. The summed E-state index contributed by atoms with van der Waals surface area (Å²) in [5.41, 5.74) is 12.2. The molecule has 0 spiro atoms. The predicted molar refractivity (Wildman–Crippen MR) is 44.4 cm³/mol. The van der Waals surface area contributed by atoms with Gasteiger partial charge in [-0.3, -0.25) is 5.41 Å². The van der Waals surface area contributed by atoms with Crippen molar-refractivity contribution in [3.05, 3.63) is 23.4 Å². The maximum atomic E-state index is 7.13. The van der Waals surface area contributed by atoms with Crippen molar-refractivity contribution < 1.29 is 0 Å². The number of hydrogen-bond acceptors (Lipinski definition) is 3. The molecule has 1 heterocycles. The highest BCUT2D eigenvalue weighted by molar-refractivity contribution is 5.99. The molecule has 0 aliphatic carbocycles. The molecule has 11 heavy (non-hydrogen) atoms. The standard InChI is InChI=1S/C7H10N4/c1-4-2-5(6(8)9)7(10)11-3-4/h2-3H,1H3,(H3,8,9)(H2,10,11). The predicted octanol–water partition coefficient (Wildman–Crippen LogP) is 0.256. The fourth-order valence-electron chi connectivity index (χ4n) is 0.796. The Morgan fingerprint density at radius 1 is 1.64 bits per heavy atom. The highest BCUT2D eigenvalue weighted by Crippen LogP contribution is 2.08. The van der Waals surface area contributed by atoms with Crippen LogP contribution >= 0.6 is 0 Å². The van der Waals surface area contributed by atoms with E-state index in [2.05, 4.69) is 4.98 Å². The van der Waals surface area contributed by atoms with Crippen LogP contribution in [0, 0.1) is 12.3 Å². The number of hydrogen-bond donors (Lipinski definition) is 3. The summed E-state index contributed by atoms with van der Waals surface area (Å²) in [7, 11) is 0. The van der Waals surface area contributed by atoms with Crippen molar-refractivity contribution in [3.8, 4) is 0 Å². The number of anilines is 1. The molecule has 0 amide bonds. The fourth-order valence-corrected chi connectivity index (χ4v) is 0.796. The summed E-state index contributed by atoms with van der Waals surface area (Å²) in [5, 5.41) is 7.13. The lowest BCUT2D eigenvalue weighted by Crippen LogP contribution is -2.14. The maximum Gasteiger partial charge on any atom is 0.134 e. The molecular formula is C7H10N4. The van der Waals surface area contributed by atoms with Crippen LogP contribution in [-0.2, 0) is 0 Å². The molecule has 0 saturated heterocycles. The van der Waals surface area contributed by atoms with E-state index in [0.717, 1.165) is 5.56 Å². The zero-order valence-electron chi connectivity index (χ0n) is 6.26. The second-order valence-electron chi connectivity index (χ2n) is 2.36. The van der Waals surface area contributed by atoms with Gasteiger partial charge in [-0.25, -0.2) is 4.98 Å². The number of nitrogen functional groups attached to an aromatic ring is 2. The van der Waals surface area contributed by atoms with Gasteiger partial charge in [0.1, 0.15) is 11.7 Å². The van der Waals surface area contributed by atoms with Crippen LogP contribution in [0.5, 0.6) is 0 Å². The van der Waals surface area contributed by atoms with E-state index in [0.29, 0.717) is 11.4 Å². The van der Waals surface area contributed by atoms with E-state index in [-0.39, 0.29) is 5.84 Å². The maximum absolute atomic E-state index is 7.13. The molecule has 1 aromatic rings. The van der Waals surface area contributed by atoms with E-state index in [1.165, 1.54) is 0 Å². The molecule has 0 fully saturated rings. The average Bonchev–Trinajstić information content (AvgIpc) is 1.94. The van der Waals surface area contributed by atoms with Crippen LogP contribution in [0.15, 0.2) is 12.3 Å². The Bertz CT molecular complexity index is 292. The Morgan fingerprint density at radius 3 is 2.73 bits per heavy atom. The summed E-state index contributed by atoms with van der Waals surface area (Å²) in [6.45, 7) is 1.87. The summed E-state index contributed by atoms with van der Waals surface area (Å²) in [5.74, 6) is 0.266. The lowest BCUT2D eigenvalue weighted by atomic mass is 10.2. The molecule has 0 aliphatic rings. The van der Waals surface area contributed by atoms with Crippen molar-refractivity contribution in [2.75, 3.05) is 5.73 Å². The van der Waals surface area contributed by atoms with Crippen molar-refractivity contribution >= 4 is 11.7 Å². The molecule has 0 unspecified atom stereocenters. The second kappa shape index (κ2) is 2.57. The molecule has 58 valence electrons. The van der Waals surface area contributed by atoms with Gasteiger partial charge >= 0.3 is 0 Å². The third kappa shape index (κ3) is 1.46. The van der Waals surface area contributed by atoms with Crippen molar-refractivity contribution in [1.29, 1.82) is 5.41 Å². The van der Waals surface area contributed by atoms with Gasteiger partial charge in [0.05, 0.1) is 5.56 Å². The van der Waals surface area contributed by atoms with E-state index in [1.807, 2.05) is 6.92 Å². The Labute approximate surface area is 64.7 Å². The monoisotopic (exact) mass is 150 g/mol. The van der Waals surface area contributed by atoms with Crippen LogP contribution in [0.4, 0.5) is 5.82 Å². The van der Waals surface area contributed by atoms with Crippen molar-refractivity contribution in [3.63, 3.8) is 0 Å². The summed E-state index contributed by atoms with van der Waals surface area (Å²) < 4.78 is 0. The topological polar surface area (TPSA) is 88.8 Å². The number of nitrogens with one attached hydrogen (secondary N) is 1. The molecule has 0 saturated carbocycles. The van der Waals surface area contributed by atoms with Crippen LogP contribution < -0.4 is 11.5 Å². The lowest BCUT2D eigenvalue weighted by molar-refractivity contribution is 1.25. The first-order valence-electron chi connectivity index (χ1n) is 3.18. The van der Waals surface area contributed by atoms with Gasteiger partial charge in [-0.05, 0) is 18.6 Å². The molecule has 5 N–H and O–H groups in total. The minimum atomic E-state index is -0.0429. The minimum absolute atomic E-state index is 0.0429. The molecular weight excluding hydrogens is 140 g/mol. The van der Waals surface area contributed by atoms with Gasteiger partial charge < -0.3 is 11.5 Å². The number of pyridine rings is 1. The van der Waals surface area contributed by atoms with Crippen LogP contribution in [0.3, 0.4) is 0 Å². The van der Waals surface area contributed by atoms with Gasteiger partial charge in [-0.15, -0.1) is 0 Å². The fraction of sp³-hybridized carbons (Fsp3) is 0.143. The normalized spacial score (nSPS) is 9.55. The Hall–Kier alpha value is -1.58. The number of aromatic nitrogens is 1. The van der Waals surface area contributed by atoms with Crippen molar-refractivity contribution in [2.45, 2.75) is 6.92 Å². The lowest BCUT2D eigenvalue weighted by Gasteiger charge is -2.02. The number of nitrogens with two attached hydrogens (primary N) is 2. The average molecular weight is 150 g/mol. The number of amidine groups is 1. The first-order valence-corrected chi connectivity index (χ1v) is 3.18. The van der Waals surface area contributed by atoms with Crippen LogP contribution in [-0.4, -0.2) is 10.8 Å². The molecule has 4 nitrogen and oxygen atoms in total. The van der Waals surface area contributed by atoms with Crippen LogP contribution in [0.1, 0.15) is 11.1 Å². The largest absolute Gasteiger partial charge is 0.384 e. The third-order valence-electron chi connectivity index (χ3n) is 1.35. The summed E-state index contributed by atoms with van der Waals surface area (Å²) in [6, 6.07) is 1.74. The van der Waals surface area contributed by atoms with Crippen LogP contribution in [0.2, 0.25) is 0 Å². The highest BCUT2D eigenvalue weighted by atomic mass is 14.8. The molecule has 0 bridgehead atoms. The smallest absolute Gasteiger partial charge is 0.134 e. The number of rotatable bonds is 1. The highest BCUT2D eigenvalue weighted by Gasteiger charge is 2.02. The molecule has 0 aromatic carbocycles. The van der Waals surface area contributed by atoms with E-state index in [9.17, 15) is 0 Å². The van der Waals surface area contributed by atoms with Gasteiger partial charge in [0, 0.05) is 6.20 Å². The van der Waals surface area contributed by atoms with Gasteiger partial charge in [0.25, 0.3) is 0 Å².